The molecule has 2 amide bonds. The predicted octanol–water partition coefficient (Wildman–Crippen LogP) is 3.09. The Kier molecular flexibility index (Phi) is 6.09. The van der Waals surface area contributed by atoms with Gasteiger partial charge in [0.25, 0.3) is 0 Å². The molecule has 32 heavy (non-hydrogen) atoms. The third-order valence-corrected chi connectivity index (χ3v) is 5.21. The highest BCUT2D eigenvalue weighted by molar-refractivity contribution is 6.39. The summed E-state index contributed by atoms with van der Waals surface area (Å²) in [6.07, 6.45) is 0. The highest BCUT2D eigenvalue weighted by Crippen LogP contribution is 2.32. The number of hydrogen-bond acceptors (Lipinski definition) is 5. The average Bonchev–Trinajstić information content (AvgIpc) is 2.83. The van der Waals surface area contributed by atoms with Crippen LogP contribution >= 0.6 is 0 Å². The van der Waals surface area contributed by atoms with Crippen LogP contribution < -0.4 is 20.1 Å². The number of benzene rings is 3. The van der Waals surface area contributed by atoms with E-state index in [1.54, 1.807) is 25.1 Å². The quantitative estimate of drug-likeness (QED) is 0.539. The second kappa shape index (κ2) is 9.11. The van der Waals surface area contributed by atoms with E-state index in [0.29, 0.717) is 36.0 Å². The first kappa shape index (κ1) is 21.4. The normalized spacial score (nSPS) is 14.2. The van der Waals surface area contributed by atoms with Crippen LogP contribution in [-0.4, -0.2) is 36.7 Å². The SMILES string of the molecule is C[C@](O)(CNC(=O)C(=O)Nc1ccc2c(c1)OCCO2)c1ccc(-c2ccccc2)cc1. The van der Waals surface area contributed by atoms with E-state index in [9.17, 15) is 14.7 Å². The minimum Gasteiger partial charge on any atom is -0.486 e. The Hall–Kier alpha value is -3.84. The van der Waals surface area contributed by atoms with Crippen LogP contribution in [0.3, 0.4) is 0 Å². The number of ether oxygens (including phenoxy) is 2. The van der Waals surface area contributed by atoms with E-state index in [2.05, 4.69) is 10.6 Å². The fourth-order valence-electron chi connectivity index (χ4n) is 3.40. The minimum atomic E-state index is -1.35. The number of anilines is 1. The minimum absolute atomic E-state index is 0.120. The summed E-state index contributed by atoms with van der Waals surface area (Å²) in [5, 5.41) is 15.8. The van der Waals surface area contributed by atoms with Gasteiger partial charge in [-0.1, -0.05) is 54.6 Å². The van der Waals surface area contributed by atoms with Gasteiger partial charge in [-0.05, 0) is 35.7 Å². The summed E-state index contributed by atoms with van der Waals surface area (Å²) in [7, 11) is 0. The van der Waals surface area contributed by atoms with Gasteiger partial charge in [-0.25, -0.2) is 0 Å². The topological polar surface area (TPSA) is 96.9 Å². The first-order valence-electron chi connectivity index (χ1n) is 10.3. The number of carbonyl (C=O) groups is 2. The van der Waals surface area contributed by atoms with Gasteiger partial charge in [0, 0.05) is 11.8 Å². The Morgan fingerprint density at radius 3 is 2.25 bits per heavy atom. The van der Waals surface area contributed by atoms with E-state index in [0.717, 1.165) is 11.1 Å². The zero-order chi connectivity index (χ0) is 22.6. The van der Waals surface area contributed by atoms with Gasteiger partial charge in [-0.2, -0.15) is 0 Å². The molecule has 0 fully saturated rings. The van der Waals surface area contributed by atoms with Gasteiger partial charge < -0.3 is 25.2 Å². The third-order valence-electron chi connectivity index (χ3n) is 5.21. The number of carbonyl (C=O) groups excluding carboxylic acids is 2. The average molecular weight is 432 g/mol. The molecular weight excluding hydrogens is 408 g/mol. The van der Waals surface area contributed by atoms with E-state index in [1.807, 2.05) is 54.6 Å². The zero-order valence-corrected chi connectivity index (χ0v) is 17.6. The summed E-state index contributed by atoms with van der Waals surface area (Å²) in [5.74, 6) is -0.581. The van der Waals surface area contributed by atoms with Crippen LogP contribution in [0, 0.1) is 0 Å². The van der Waals surface area contributed by atoms with Crippen molar-refractivity contribution in [3.05, 3.63) is 78.4 Å². The molecule has 0 saturated heterocycles. The maximum atomic E-state index is 12.3. The van der Waals surface area contributed by atoms with Crippen molar-refractivity contribution in [3.63, 3.8) is 0 Å². The molecule has 1 atom stereocenters. The molecule has 0 radical (unpaired) electrons. The van der Waals surface area contributed by atoms with E-state index in [-0.39, 0.29) is 6.54 Å². The molecule has 4 rings (SSSR count). The molecule has 3 N–H and O–H groups in total. The molecule has 0 bridgehead atoms. The van der Waals surface area contributed by atoms with Crippen LogP contribution in [0.2, 0.25) is 0 Å². The summed E-state index contributed by atoms with van der Waals surface area (Å²) in [5.41, 5.74) is 1.79. The van der Waals surface area contributed by atoms with Gasteiger partial charge in [0.1, 0.15) is 18.8 Å². The summed E-state index contributed by atoms with van der Waals surface area (Å²) < 4.78 is 10.9. The standard InChI is InChI=1S/C25H24N2O5/c1-25(30,19-9-7-18(8-10-19)17-5-3-2-4-6-17)16-26-23(28)24(29)27-20-11-12-21-22(15-20)32-14-13-31-21/h2-12,15,30H,13-14,16H2,1H3,(H,26,28)(H,27,29)/t25-/m0/s1. The molecule has 7 nitrogen and oxygen atoms in total. The number of rotatable bonds is 5. The largest absolute Gasteiger partial charge is 0.486 e. The van der Waals surface area contributed by atoms with Gasteiger partial charge in [-0.3, -0.25) is 9.59 Å². The highest BCUT2D eigenvalue weighted by atomic mass is 16.6. The van der Waals surface area contributed by atoms with E-state index in [1.165, 1.54) is 0 Å². The fraction of sp³-hybridized carbons (Fsp3) is 0.200. The Bertz CT molecular complexity index is 1110. The Balaban J connectivity index is 1.34. The molecule has 1 aliphatic rings. The summed E-state index contributed by atoms with van der Waals surface area (Å²) >= 11 is 0. The predicted molar refractivity (Wildman–Crippen MR) is 121 cm³/mol. The van der Waals surface area contributed by atoms with Gasteiger partial charge in [0.2, 0.25) is 0 Å². The van der Waals surface area contributed by atoms with Gasteiger partial charge in [-0.15, -0.1) is 0 Å². The number of amides is 2. The highest BCUT2D eigenvalue weighted by Gasteiger charge is 2.26. The number of fused-ring (bicyclic) bond motifs is 1. The Morgan fingerprint density at radius 2 is 1.53 bits per heavy atom. The summed E-state index contributed by atoms with van der Waals surface area (Å²) in [6.45, 7) is 2.36. The number of aliphatic hydroxyl groups is 1. The van der Waals surface area contributed by atoms with Gasteiger partial charge in [0.05, 0.1) is 6.54 Å². The van der Waals surface area contributed by atoms with Crippen molar-refractivity contribution in [1.29, 1.82) is 0 Å². The fourth-order valence-corrected chi connectivity index (χ4v) is 3.40. The summed E-state index contributed by atoms with van der Waals surface area (Å²) in [4.78, 5) is 24.5. The van der Waals surface area contributed by atoms with Crippen molar-refractivity contribution in [2.45, 2.75) is 12.5 Å². The lowest BCUT2D eigenvalue weighted by Crippen LogP contribution is -2.43. The molecular formula is C25H24N2O5. The van der Waals surface area contributed by atoms with Crippen LogP contribution in [0.25, 0.3) is 11.1 Å². The monoisotopic (exact) mass is 432 g/mol. The molecule has 3 aromatic carbocycles. The summed E-state index contributed by atoms with van der Waals surface area (Å²) in [6, 6.07) is 22.2. The van der Waals surface area contributed by atoms with Crippen molar-refractivity contribution in [3.8, 4) is 22.6 Å². The van der Waals surface area contributed by atoms with Crippen LogP contribution in [0.5, 0.6) is 11.5 Å². The van der Waals surface area contributed by atoms with Crippen molar-refractivity contribution < 1.29 is 24.2 Å². The van der Waals surface area contributed by atoms with Crippen molar-refractivity contribution in [2.75, 3.05) is 25.1 Å². The number of nitrogens with one attached hydrogen (secondary N) is 2. The van der Waals surface area contributed by atoms with Crippen LogP contribution in [-0.2, 0) is 15.2 Å². The molecule has 0 unspecified atom stereocenters. The molecule has 0 saturated carbocycles. The third kappa shape index (κ3) is 4.90. The van der Waals surface area contributed by atoms with Crippen molar-refractivity contribution in [1.82, 2.24) is 5.32 Å². The molecule has 1 aliphatic heterocycles. The first-order chi connectivity index (χ1) is 15.4. The van der Waals surface area contributed by atoms with Crippen LogP contribution in [0.15, 0.2) is 72.8 Å². The van der Waals surface area contributed by atoms with E-state index in [4.69, 9.17) is 9.47 Å². The molecule has 0 aromatic heterocycles. The maximum absolute atomic E-state index is 12.3. The molecule has 0 aliphatic carbocycles. The first-order valence-corrected chi connectivity index (χ1v) is 10.3. The van der Waals surface area contributed by atoms with Gasteiger partial charge in [0.15, 0.2) is 11.5 Å². The Morgan fingerprint density at radius 1 is 0.875 bits per heavy atom. The number of hydrogen-bond donors (Lipinski definition) is 3. The molecule has 3 aromatic rings. The lowest BCUT2D eigenvalue weighted by atomic mass is 9.93. The maximum Gasteiger partial charge on any atom is 0.313 e. The zero-order valence-electron chi connectivity index (χ0n) is 17.6. The van der Waals surface area contributed by atoms with Crippen LogP contribution in [0.1, 0.15) is 12.5 Å². The molecule has 0 spiro atoms. The van der Waals surface area contributed by atoms with Gasteiger partial charge >= 0.3 is 11.8 Å². The van der Waals surface area contributed by atoms with Crippen molar-refractivity contribution in [2.24, 2.45) is 0 Å². The lowest BCUT2D eigenvalue weighted by molar-refractivity contribution is -0.136. The van der Waals surface area contributed by atoms with E-state index >= 15 is 0 Å². The second-order valence-corrected chi connectivity index (χ2v) is 7.71. The lowest BCUT2D eigenvalue weighted by Gasteiger charge is -2.24. The smallest absolute Gasteiger partial charge is 0.313 e. The Labute approximate surface area is 186 Å². The van der Waals surface area contributed by atoms with Crippen molar-refractivity contribution >= 4 is 17.5 Å². The molecule has 164 valence electrons. The second-order valence-electron chi connectivity index (χ2n) is 7.71. The molecule has 7 heteroatoms. The van der Waals surface area contributed by atoms with E-state index < -0.39 is 17.4 Å². The van der Waals surface area contributed by atoms with Crippen LogP contribution in [0.4, 0.5) is 5.69 Å². The molecule has 1 heterocycles.